The lowest BCUT2D eigenvalue weighted by Gasteiger charge is -2.27. The molecule has 1 aromatic heterocycles. The van der Waals surface area contributed by atoms with E-state index in [1.165, 1.54) is 19.3 Å². The van der Waals surface area contributed by atoms with E-state index in [-0.39, 0.29) is 0 Å². The monoisotopic (exact) mass is 295 g/mol. The van der Waals surface area contributed by atoms with Gasteiger partial charge in [-0.15, -0.1) is 0 Å². The first kappa shape index (κ1) is 15.6. The fraction of sp³-hybridized carbons (Fsp3) is 0.688. The van der Waals surface area contributed by atoms with Crippen LogP contribution in [0.3, 0.4) is 0 Å². The number of anilines is 1. The maximum Gasteiger partial charge on any atom is 0.147 e. The molecule has 1 aliphatic rings. The molecule has 1 aromatic rings. The molecule has 0 aliphatic carbocycles. The van der Waals surface area contributed by atoms with Crippen molar-refractivity contribution in [3.05, 3.63) is 22.8 Å². The van der Waals surface area contributed by atoms with Crippen molar-refractivity contribution in [1.29, 1.82) is 0 Å². The summed E-state index contributed by atoms with van der Waals surface area (Å²) >= 11 is 6.44. The van der Waals surface area contributed by atoms with Crippen LogP contribution in [0.5, 0.6) is 0 Å². The van der Waals surface area contributed by atoms with Crippen LogP contribution in [-0.2, 0) is 6.54 Å². The van der Waals surface area contributed by atoms with Gasteiger partial charge in [0, 0.05) is 25.8 Å². The van der Waals surface area contributed by atoms with E-state index in [2.05, 4.69) is 36.0 Å². The van der Waals surface area contributed by atoms with Gasteiger partial charge in [-0.2, -0.15) is 0 Å². The Hall–Kier alpha value is -0.800. The molecule has 3 nitrogen and oxygen atoms in total. The maximum atomic E-state index is 6.44. The van der Waals surface area contributed by atoms with Crippen molar-refractivity contribution in [3.8, 4) is 0 Å². The molecule has 0 amide bonds. The second-order valence-electron chi connectivity index (χ2n) is 5.81. The summed E-state index contributed by atoms with van der Waals surface area (Å²) in [6.07, 6.45) is 5.66. The minimum atomic E-state index is 0.452. The molecule has 0 atom stereocenters. The molecule has 0 bridgehead atoms. The van der Waals surface area contributed by atoms with Gasteiger partial charge in [-0.1, -0.05) is 32.4 Å². The number of aromatic nitrogens is 1. The number of halogens is 1. The Morgan fingerprint density at radius 1 is 1.35 bits per heavy atom. The Balaban J connectivity index is 2.10. The van der Waals surface area contributed by atoms with Crippen LogP contribution in [0.2, 0.25) is 5.02 Å². The van der Waals surface area contributed by atoms with Crippen LogP contribution in [0.4, 0.5) is 5.82 Å². The molecule has 0 radical (unpaired) electrons. The Bertz CT molecular complexity index is 443. The number of rotatable bonds is 6. The molecule has 2 heterocycles. The molecule has 4 heteroatoms. The Morgan fingerprint density at radius 3 is 2.65 bits per heavy atom. The van der Waals surface area contributed by atoms with Crippen molar-refractivity contribution >= 4 is 17.4 Å². The fourth-order valence-electron chi connectivity index (χ4n) is 3.01. The SMILES string of the molecule is CCNCc1cnc(N2CCC(CC)(CC)C2)c(Cl)c1. The third-order valence-corrected chi connectivity index (χ3v) is 4.97. The van der Waals surface area contributed by atoms with Crippen molar-refractivity contribution in [3.63, 3.8) is 0 Å². The average Bonchev–Trinajstić information content (AvgIpc) is 2.90. The van der Waals surface area contributed by atoms with Crippen LogP contribution in [0.1, 0.15) is 45.6 Å². The highest BCUT2D eigenvalue weighted by Crippen LogP contribution is 2.40. The van der Waals surface area contributed by atoms with Crippen molar-refractivity contribution < 1.29 is 0 Å². The van der Waals surface area contributed by atoms with Crippen molar-refractivity contribution in [1.82, 2.24) is 10.3 Å². The standard InChI is InChI=1S/C16H26ClN3/c1-4-16(5-2)7-8-20(12-16)15-14(17)9-13(11-19-15)10-18-6-3/h9,11,18H,4-8,10,12H2,1-3H3. The van der Waals surface area contributed by atoms with Gasteiger partial charge in [0.25, 0.3) is 0 Å². The van der Waals surface area contributed by atoms with Gasteiger partial charge < -0.3 is 10.2 Å². The molecule has 1 N–H and O–H groups in total. The molecule has 1 saturated heterocycles. The summed E-state index contributed by atoms with van der Waals surface area (Å²) in [5.41, 5.74) is 1.60. The van der Waals surface area contributed by atoms with Gasteiger partial charge in [-0.25, -0.2) is 4.98 Å². The minimum absolute atomic E-state index is 0.452. The van der Waals surface area contributed by atoms with Crippen LogP contribution in [-0.4, -0.2) is 24.6 Å². The van der Waals surface area contributed by atoms with Crippen LogP contribution < -0.4 is 10.2 Å². The van der Waals surface area contributed by atoms with Gasteiger partial charge in [-0.3, -0.25) is 0 Å². The first-order chi connectivity index (χ1) is 9.64. The maximum absolute atomic E-state index is 6.44. The van der Waals surface area contributed by atoms with E-state index in [0.29, 0.717) is 5.41 Å². The van der Waals surface area contributed by atoms with E-state index >= 15 is 0 Å². The van der Waals surface area contributed by atoms with Gasteiger partial charge in [0.15, 0.2) is 0 Å². The average molecular weight is 296 g/mol. The summed E-state index contributed by atoms with van der Waals surface area (Å²) in [5, 5.41) is 4.08. The Morgan fingerprint density at radius 2 is 2.10 bits per heavy atom. The van der Waals surface area contributed by atoms with E-state index in [4.69, 9.17) is 11.6 Å². The zero-order valence-electron chi connectivity index (χ0n) is 12.9. The summed E-state index contributed by atoms with van der Waals surface area (Å²) in [6, 6.07) is 2.05. The summed E-state index contributed by atoms with van der Waals surface area (Å²) in [7, 11) is 0. The van der Waals surface area contributed by atoms with Gasteiger partial charge in [-0.05, 0) is 42.9 Å². The third kappa shape index (κ3) is 3.26. The summed E-state index contributed by atoms with van der Waals surface area (Å²) in [5.74, 6) is 0.954. The number of hydrogen-bond acceptors (Lipinski definition) is 3. The van der Waals surface area contributed by atoms with E-state index < -0.39 is 0 Å². The normalized spacial score (nSPS) is 17.7. The molecule has 0 spiro atoms. The van der Waals surface area contributed by atoms with Crippen LogP contribution in [0, 0.1) is 5.41 Å². The fourth-order valence-corrected chi connectivity index (χ4v) is 3.32. The first-order valence-electron chi connectivity index (χ1n) is 7.74. The molecule has 112 valence electrons. The van der Waals surface area contributed by atoms with Crippen LogP contribution in [0.25, 0.3) is 0 Å². The quantitative estimate of drug-likeness (QED) is 0.864. The highest BCUT2D eigenvalue weighted by atomic mass is 35.5. The molecule has 1 fully saturated rings. The molecule has 2 rings (SSSR count). The van der Waals surface area contributed by atoms with Gasteiger partial charge in [0.1, 0.15) is 5.82 Å². The van der Waals surface area contributed by atoms with E-state index in [9.17, 15) is 0 Å². The third-order valence-electron chi connectivity index (χ3n) is 4.70. The Kier molecular flexibility index (Phi) is 5.28. The number of hydrogen-bond donors (Lipinski definition) is 1. The molecule has 0 unspecified atom stereocenters. The summed E-state index contributed by atoms with van der Waals surface area (Å²) < 4.78 is 0. The smallest absolute Gasteiger partial charge is 0.147 e. The molecular formula is C16H26ClN3. The zero-order chi connectivity index (χ0) is 14.6. The first-order valence-corrected chi connectivity index (χ1v) is 8.12. The summed E-state index contributed by atoms with van der Waals surface area (Å²) in [6.45, 7) is 10.6. The predicted octanol–water partition coefficient (Wildman–Crippen LogP) is 3.86. The molecule has 0 saturated carbocycles. The van der Waals surface area contributed by atoms with Gasteiger partial charge >= 0.3 is 0 Å². The second kappa shape index (κ2) is 6.77. The lowest BCUT2D eigenvalue weighted by Crippen LogP contribution is -2.27. The number of pyridine rings is 1. The van der Waals surface area contributed by atoms with E-state index in [1.54, 1.807) is 0 Å². The van der Waals surface area contributed by atoms with Crippen molar-refractivity contribution in [2.24, 2.45) is 5.41 Å². The second-order valence-corrected chi connectivity index (χ2v) is 6.22. The predicted molar refractivity (Wildman–Crippen MR) is 86.5 cm³/mol. The molecule has 0 aromatic carbocycles. The molecule has 20 heavy (non-hydrogen) atoms. The van der Waals surface area contributed by atoms with Crippen LogP contribution in [0.15, 0.2) is 12.3 Å². The summed E-state index contributed by atoms with van der Waals surface area (Å²) in [4.78, 5) is 6.95. The topological polar surface area (TPSA) is 28.2 Å². The molecule has 1 aliphatic heterocycles. The van der Waals surface area contributed by atoms with Gasteiger partial charge in [0.2, 0.25) is 0 Å². The number of nitrogens with zero attached hydrogens (tertiary/aromatic N) is 2. The zero-order valence-corrected chi connectivity index (χ0v) is 13.6. The molecular weight excluding hydrogens is 270 g/mol. The number of nitrogens with one attached hydrogen (secondary N) is 1. The van der Waals surface area contributed by atoms with E-state index in [1.807, 2.05) is 12.3 Å². The largest absolute Gasteiger partial charge is 0.355 e. The lowest BCUT2D eigenvalue weighted by atomic mass is 9.82. The Labute approximate surface area is 127 Å². The van der Waals surface area contributed by atoms with Crippen LogP contribution >= 0.6 is 11.6 Å². The highest BCUT2D eigenvalue weighted by Gasteiger charge is 2.36. The lowest BCUT2D eigenvalue weighted by molar-refractivity contribution is 0.301. The highest BCUT2D eigenvalue weighted by molar-refractivity contribution is 6.33. The van der Waals surface area contributed by atoms with Gasteiger partial charge in [0.05, 0.1) is 5.02 Å². The minimum Gasteiger partial charge on any atom is -0.355 e. The van der Waals surface area contributed by atoms with Crippen molar-refractivity contribution in [2.75, 3.05) is 24.5 Å². The van der Waals surface area contributed by atoms with Crippen molar-refractivity contribution in [2.45, 2.75) is 46.6 Å². The van der Waals surface area contributed by atoms with E-state index in [0.717, 1.165) is 42.6 Å².